The molecular weight excluding hydrogens is 352 g/mol. The van der Waals surface area contributed by atoms with Crippen LogP contribution >= 0.6 is 0 Å². The molecule has 1 heterocycles. The molecule has 0 aromatic heterocycles. The first-order chi connectivity index (χ1) is 13.5. The summed E-state index contributed by atoms with van der Waals surface area (Å²) in [6.45, 7) is 4.57. The number of hydrogen-bond donors (Lipinski definition) is 1. The van der Waals surface area contributed by atoms with E-state index in [4.69, 9.17) is 4.74 Å². The number of fused-ring (bicyclic) bond motifs is 1. The maximum Gasteiger partial charge on any atom is 0.229 e. The fraction of sp³-hybridized carbons (Fsp3) is 0.391. The van der Waals surface area contributed by atoms with Gasteiger partial charge in [-0.1, -0.05) is 32.0 Å². The Bertz CT molecular complexity index is 843. The summed E-state index contributed by atoms with van der Waals surface area (Å²) in [6, 6.07) is 13.6. The first kappa shape index (κ1) is 19.9. The monoisotopic (exact) mass is 380 g/mol. The van der Waals surface area contributed by atoms with Gasteiger partial charge < -0.3 is 15.0 Å². The van der Waals surface area contributed by atoms with Crippen LogP contribution in [0.2, 0.25) is 0 Å². The summed E-state index contributed by atoms with van der Waals surface area (Å²) in [6.07, 6.45) is 3.00. The highest BCUT2D eigenvalue weighted by Crippen LogP contribution is 2.31. The Morgan fingerprint density at radius 2 is 1.89 bits per heavy atom. The van der Waals surface area contributed by atoms with Gasteiger partial charge in [-0.15, -0.1) is 0 Å². The lowest BCUT2D eigenvalue weighted by atomic mass is 9.99. The van der Waals surface area contributed by atoms with E-state index in [1.165, 1.54) is 0 Å². The van der Waals surface area contributed by atoms with Crippen LogP contribution in [0.3, 0.4) is 0 Å². The predicted molar refractivity (Wildman–Crippen MR) is 112 cm³/mol. The van der Waals surface area contributed by atoms with Crippen LogP contribution in [0.4, 0.5) is 11.4 Å². The highest BCUT2D eigenvalue weighted by Gasteiger charge is 2.24. The Kier molecular flexibility index (Phi) is 6.34. The van der Waals surface area contributed by atoms with E-state index in [0.29, 0.717) is 12.8 Å². The van der Waals surface area contributed by atoms with E-state index in [9.17, 15) is 9.59 Å². The van der Waals surface area contributed by atoms with E-state index in [1.54, 1.807) is 7.11 Å². The van der Waals surface area contributed by atoms with Crippen LogP contribution < -0.4 is 15.0 Å². The third-order valence-corrected chi connectivity index (χ3v) is 5.05. The molecule has 0 spiro atoms. The maximum absolute atomic E-state index is 12.5. The number of anilines is 2. The summed E-state index contributed by atoms with van der Waals surface area (Å²) in [4.78, 5) is 26.8. The van der Waals surface area contributed by atoms with Crippen molar-refractivity contribution in [3.05, 3.63) is 53.6 Å². The average molecular weight is 380 g/mol. The molecule has 5 nitrogen and oxygen atoms in total. The number of benzene rings is 2. The molecule has 3 rings (SSSR count). The lowest BCUT2D eigenvalue weighted by Gasteiger charge is -2.31. The zero-order valence-electron chi connectivity index (χ0n) is 16.8. The minimum atomic E-state index is -0.0475. The predicted octanol–water partition coefficient (Wildman–Crippen LogP) is 4.20. The summed E-state index contributed by atoms with van der Waals surface area (Å²) in [5.41, 5.74) is 3.92. The van der Waals surface area contributed by atoms with Crippen LogP contribution in [0.25, 0.3) is 0 Å². The third kappa shape index (κ3) is 4.71. The molecule has 5 heteroatoms. The van der Waals surface area contributed by atoms with Gasteiger partial charge in [0.1, 0.15) is 5.75 Å². The van der Waals surface area contributed by atoms with Crippen molar-refractivity contribution < 1.29 is 14.3 Å². The van der Waals surface area contributed by atoms with Gasteiger partial charge in [0.25, 0.3) is 0 Å². The van der Waals surface area contributed by atoms with Gasteiger partial charge in [-0.2, -0.15) is 0 Å². The minimum Gasteiger partial charge on any atom is -0.497 e. The van der Waals surface area contributed by atoms with Crippen molar-refractivity contribution in [3.8, 4) is 5.75 Å². The molecule has 0 bridgehead atoms. The first-order valence-electron chi connectivity index (χ1n) is 9.85. The van der Waals surface area contributed by atoms with E-state index >= 15 is 0 Å². The number of ether oxygens (including phenoxy) is 1. The van der Waals surface area contributed by atoms with E-state index < -0.39 is 0 Å². The average Bonchev–Trinajstić information content (AvgIpc) is 2.71. The Balaban J connectivity index is 1.64. The number of carbonyl (C=O) groups is 2. The number of nitrogens with one attached hydrogen (secondary N) is 1. The van der Waals surface area contributed by atoms with Crippen molar-refractivity contribution in [1.29, 1.82) is 0 Å². The second-order valence-electron chi connectivity index (χ2n) is 7.49. The van der Waals surface area contributed by atoms with Crippen LogP contribution in [0, 0.1) is 5.92 Å². The molecule has 28 heavy (non-hydrogen) atoms. The van der Waals surface area contributed by atoms with Crippen LogP contribution in [-0.4, -0.2) is 25.5 Å². The van der Waals surface area contributed by atoms with E-state index in [-0.39, 0.29) is 17.7 Å². The first-order valence-corrected chi connectivity index (χ1v) is 9.85. The highest BCUT2D eigenvalue weighted by atomic mass is 16.5. The molecule has 0 atom stereocenters. The Hall–Kier alpha value is -2.82. The molecule has 148 valence electrons. The molecule has 0 fully saturated rings. The molecule has 0 saturated heterocycles. The molecule has 1 aliphatic heterocycles. The minimum absolute atomic E-state index is 0.0340. The molecule has 0 radical (unpaired) electrons. The van der Waals surface area contributed by atoms with E-state index in [1.807, 2.05) is 61.2 Å². The number of rotatable bonds is 6. The van der Waals surface area contributed by atoms with Crippen molar-refractivity contribution in [1.82, 2.24) is 0 Å². The molecule has 0 unspecified atom stereocenters. The van der Waals surface area contributed by atoms with Crippen LogP contribution in [0.1, 0.15) is 37.8 Å². The SMILES string of the molecule is COc1ccc(CCC(=O)Nc2ccc3c(c2)N(C(=O)C(C)C)CCC3)cc1. The lowest BCUT2D eigenvalue weighted by molar-refractivity contribution is -0.121. The number of nitrogens with zero attached hydrogens (tertiary/aromatic N) is 1. The molecule has 1 N–H and O–H groups in total. The Morgan fingerprint density at radius 1 is 1.14 bits per heavy atom. The second-order valence-corrected chi connectivity index (χ2v) is 7.49. The maximum atomic E-state index is 12.5. The van der Waals surface area contributed by atoms with Gasteiger partial charge in [0.15, 0.2) is 0 Å². The third-order valence-electron chi connectivity index (χ3n) is 5.05. The van der Waals surface area contributed by atoms with Gasteiger partial charge in [-0.05, 0) is 54.7 Å². The molecule has 0 aliphatic carbocycles. The van der Waals surface area contributed by atoms with Crippen molar-refractivity contribution in [2.75, 3.05) is 23.9 Å². The van der Waals surface area contributed by atoms with Gasteiger partial charge in [-0.3, -0.25) is 9.59 Å². The van der Waals surface area contributed by atoms with Crippen molar-refractivity contribution in [2.45, 2.75) is 39.5 Å². The number of amides is 2. The van der Waals surface area contributed by atoms with Crippen LogP contribution in [0.5, 0.6) is 5.75 Å². The largest absolute Gasteiger partial charge is 0.497 e. The number of hydrogen-bond acceptors (Lipinski definition) is 3. The van der Waals surface area contributed by atoms with Crippen molar-refractivity contribution in [3.63, 3.8) is 0 Å². The molecular formula is C23H28N2O3. The van der Waals surface area contributed by atoms with Crippen LogP contribution in [-0.2, 0) is 22.4 Å². The number of aryl methyl sites for hydroxylation is 2. The molecule has 0 saturated carbocycles. The molecule has 2 amide bonds. The fourth-order valence-electron chi connectivity index (χ4n) is 3.47. The van der Waals surface area contributed by atoms with Crippen LogP contribution in [0.15, 0.2) is 42.5 Å². The quantitative estimate of drug-likeness (QED) is 0.817. The highest BCUT2D eigenvalue weighted by molar-refractivity contribution is 5.97. The van der Waals surface area contributed by atoms with Crippen molar-refractivity contribution in [2.24, 2.45) is 5.92 Å². The topological polar surface area (TPSA) is 58.6 Å². The number of carbonyl (C=O) groups excluding carboxylic acids is 2. The standard InChI is InChI=1S/C23H28N2O3/c1-16(2)23(27)25-14-4-5-18-9-10-19(15-21(18)25)24-22(26)13-8-17-6-11-20(28-3)12-7-17/h6-7,9-12,15-16H,4-5,8,13-14H2,1-3H3,(H,24,26). The van der Waals surface area contributed by atoms with Crippen molar-refractivity contribution >= 4 is 23.2 Å². The van der Waals surface area contributed by atoms with Gasteiger partial charge in [0.05, 0.1) is 7.11 Å². The summed E-state index contributed by atoms with van der Waals surface area (Å²) < 4.78 is 5.15. The molecule has 1 aliphatic rings. The summed E-state index contributed by atoms with van der Waals surface area (Å²) >= 11 is 0. The molecule has 2 aromatic rings. The van der Waals surface area contributed by atoms with Gasteiger partial charge in [0, 0.05) is 30.3 Å². The van der Waals surface area contributed by atoms with Gasteiger partial charge in [0.2, 0.25) is 11.8 Å². The Morgan fingerprint density at radius 3 is 2.57 bits per heavy atom. The summed E-state index contributed by atoms with van der Waals surface area (Å²) in [7, 11) is 1.64. The van der Waals surface area contributed by atoms with E-state index in [0.717, 1.165) is 47.6 Å². The van der Waals surface area contributed by atoms with Gasteiger partial charge in [-0.25, -0.2) is 0 Å². The van der Waals surface area contributed by atoms with Gasteiger partial charge >= 0.3 is 0 Å². The zero-order valence-corrected chi connectivity index (χ0v) is 16.8. The summed E-state index contributed by atoms with van der Waals surface area (Å²) in [5, 5.41) is 2.97. The fourth-order valence-corrected chi connectivity index (χ4v) is 3.47. The van der Waals surface area contributed by atoms with E-state index in [2.05, 4.69) is 5.32 Å². The zero-order chi connectivity index (χ0) is 20.1. The lowest BCUT2D eigenvalue weighted by Crippen LogP contribution is -2.38. The second kappa shape index (κ2) is 8.91. The normalized spacial score (nSPS) is 13.2. The Labute approximate surface area is 166 Å². The smallest absolute Gasteiger partial charge is 0.229 e. The molecule has 2 aromatic carbocycles. The summed E-state index contributed by atoms with van der Waals surface area (Å²) in [5.74, 6) is 0.855. The number of methoxy groups -OCH3 is 1.